The quantitative estimate of drug-likeness (QED) is 0.183. The van der Waals surface area contributed by atoms with Crippen molar-refractivity contribution in [3.05, 3.63) is 129 Å². The third kappa shape index (κ3) is 5.75. The first-order valence-electron chi connectivity index (χ1n) is 11.5. The first kappa shape index (κ1) is 25.4. The van der Waals surface area contributed by atoms with Crippen molar-refractivity contribution in [2.45, 2.75) is 19.3 Å². The molecule has 0 aliphatic rings. The summed E-state index contributed by atoms with van der Waals surface area (Å²) in [7, 11) is 1.60. The predicted molar refractivity (Wildman–Crippen MR) is 138 cm³/mol. The number of pyridine rings is 1. The second-order valence-corrected chi connectivity index (χ2v) is 8.65. The maximum Gasteiger partial charge on any atom is 0.335 e. The smallest absolute Gasteiger partial charge is 0.335 e. The van der Waals surface area contributed by atoms with Gasteiger partial charge in [0, 0.05) is 43.3 Å². The third-order valence-electron chi connectivity index (χ3n) is 6.17. The van der Waals surface area contributed by atoms with Crippen LogP contribution in [0.4, 0.5) is 4.39 Å². The van der Waals surface area contributed by atoms with Crippen molar-refractivity contribution in [3.8, 4) is 11.5 Å². The van der Waals surface area contributed by atoms with Gasteiger partial charge in [-0.25, -0.2) is 9.18 Å². The Morgan fingerprint density at radius 3 is 2.41 bits per heavy atom. The van der Waals surface area contributed by atoms with E-state index in [0.717, 1.165) is 11.1 Å². The lowest BCUT2D eigenvalue weighted by Gasteiger charge is -2.22. The number of carboxylic acid groups (broad SMARTS) is 1. The van der Waals surface area contributed by atoms with Gasteiger partial charge in [0.1, 0.15) is 17.3 Å². The highest BCUT2D eigenvalue weighted by molar-refractivity contribution is 6.00. The van der Waals surface area contributed by atoms with E-state index in [4.69, 9.17) is 4.74 Å². The molecule has 1 heterocycles. The van der Waals surface area contributed by atoms with Gasteiger partial charge in [-0.2, -0.15) is 0 Å². The van der Waals surface area contributed by atoms with Gasteiger partial charge in [-0.3, -0.25) is 4.79 Å². The van der Waals surface area contributed by atoms with Crippen LogP contribution in [-0.2, 0) is 7.05 Å². The normalized spacial score (nSPS) is 12.2. The van der Waals surface area contributed by atoms with E-state index in [1.165, 1.54) is 28.8 Å². The Labute approximate surface area is 212 Å². The Morgan fingerprint density at radius 2 is 1.73 bits per heavy atom. The van der Waals surface area contributed by atoms with Gasteiger partial charge in [-0.1, -0.05) is 41.6 Å². The van der Waals surface area contributed by atoms with Gasteiger partial charge in [-0.15, -0.1) is 0 Å². The van der Waals surface area contributed by atoms with Gasteiger partial charge in [0.05, 0.1) is 11.3 Å². The molecular weight excluding hydrogens is 475 g/mol. The zero-order valence-corrected chi connectivity index (χ0v) is 20.3. The number of carboxylic acids is 1. The summed E-state index contributed by atoms with van der Waals surface area (Å²) in [6.07, 6.45) is 1.74. The Balaban J connectivity index is 1.71. The molecule has 4 rings (SSSR count). The number of nitrogens with zero attached hydrogens (tertiary/aromatic N) is 2. The number of oxime groups is 1. The van der Waals surface area contributed by atoms with E-state index in [-0.39, 0.29) is 29.0 Å². The molecular formula is C29H25FN2O5. The van der Waals surface area contributed by atoms with Crippen molar-refractivity contribution in [2.75, 3.05) is 0 Å². The maximum absolute atomic E-state index is 15.6. The molecule has 37 heavy (non-hydrogen) atoms. The Hall–Kier alpha value is -4.72. The van der Waals surface area contributed by atoms with Crippen LogP contribution in [0.2, 0.25) is 0 Å². The minimum Gasteiger partial charge on any atom is -0.478 e. The van der Waals surface area contributed by atoms with Gasteiger partial charge in [0.15, 0.2) is 0 Å². The summed E-state index contributed by atoms with van der Waals surface area (Å²) in [6, 6.07) is 20.9. The average Bonchev–Trinajstić information content (AvgIpc) is 2.88. The molecule has 1 aromatic heterocycles. The number of aromatic carboxylic acids is 1. The number of rotatable bonds is 8. The van der Waals surface area contributed by atoms with Crippen LogP contribution in [0.5, 0.6) is 11.5 Å². The summed E-state index contributed by atoms with van der Waals surface area (Å²) in [5.41, 5.74) is 2.86. The molecule has 0 radical (unpaired) electrons. The fourth-order valence-corrected chi connectivity index (χ4v) is 4.22. The summed E-state index contributed by atoms with van der Waals surface area (Å²) in [5.74, 6) is -1.65. The molecule has 0 bridgehead atoms. The van der Waals surface area contributed by atoms with E-state index in [2.05, 4.69) is 5.16 Å². The summed E-state index contributed by atoms with van der Waals surface area (Å²) in [5, 5.41) is 22.5. The number of aryl methyl sites for hydroxylation is 2. The molecule has 7 nitrogen and oxygen atoms in total. The van der Waals surface area contributed by atoms with Crippen molar-refractivity contribution < 1.29 is 24.2 Å². The first-order chi connectivity index (χ1) is 17.8. The summed E-state index contributed by atoms with van der Waals surface area (Å²) in [4.78, 5) is 23.1. The molecule has 0 saturated heterocycles. The van der Waals surface area contributed by atoms with Crippen molar-refractivity contribution >= 4 is 11.7 Å². The molecule has 2 N–H and O–H groups in total. The SMILES string of the molecule is Cc1ccccc1C(C/C(=N/O)c1ccc(=O)n(C)c1)c1ccc(Oc2cccc(C(=O)O)c2)cc1F. The van der Waals surface area contributed by atoms with Crippen LogP contribution in [0.25, 0.3) is 0 Å². The van der Waals surface area contributed by atoms with E-state index in [1.54, 1.807) is 43.6 Å². The van der Waals surface area contributed by atoms with Crippen LogP contribution in [0.1, 0.15) is 45.0 Å². The molecule has 8 heteroatoms. The molecule has 0 amide bonds. The second kappa shape index (κ2) is 10.9. The van der Waals surface area contributed by atoms with Crippen LogP contribution >= 0.6 is 0 Å². The van der Waals surface area contributed by atoms with E-state index < -0.39 is 17.7 Å². The van der Waals surface area contributed by atoms with Gasteiger partial charge in [0.25, 0.3) is 0 Å². The molecule has 0 spiro atoms. The Morgan fingerprint density at radius 1 is 0.973 bits per heavy atom. The summed E-state index contributed by atoms with van der Waals surface area (Å²) < 4.78 is 22.7. The number of carbonyl (C=O) groups is 1. The zero-order valence-electron chi connectivity index (χ0n) is 20.3. The summed E-state index contributed by atoms with van der Waals surface area (Å²) in [6.45, 7) is 1.93. The van der Waals surface area contributed by atoms with Crippen LogP contribution in [-0.4, -0.2) is 26.6 Å². The minimum atomic E-state index is -1.09. The highest BCUT2D eigenvalue weighted by Crippen LogP contribution is 2.35. The van der Waals surface area contributed by atoms with Crippen molar-refractivity contribution in [1.29, 1.82) is 0 Å². The molecule has 188 valence electrons. The molecule has 1 unspecified atom stereocenters. The van der Waals surface area contributed by atoms with Gasteiger partial charge < -0.3 is 19.6 Å². The van der Waals surface area contributed by atoms with Crippen molar-refractivity contribution in [1.82, 2.24) is 4.57 Å². The van der Waals surface area contributed by atoms with E-state index in [9.17, 15) is 19.9 Å². The zero-order chi connectivity index (χ0) is 26.5. The van der Waals surface area contributed by atoms with Gasteiger partial charge in [-0.05, 0) is 53.9 Å². The molecule has 0 aliphatic heterocycles. The minimum absolute atomic E-state index is 0.0587. The third-order valence-corrected chi connectivity index (χ3v) is 6.17. The first-order valence-corrected chi connectivity index (χ1v) is 11.5. The number of ether oxygens (including phenoxy) is 1. The summed E-state index contributed by atoms with van der Waals surface area (Å²) >= 11 is 0. The highest BCUT2D eigenvalue weighted by atomic mass is 19.1. The number of halogens is 1. The van der Waals surface area contributed by atoms with E-state index >= 15 is 4.39 Å². The topological polar surface area (TPSA) is 101 Å². The Bertz CT molecular complexity index is 1540. The molecule has 4 aromatic rings. The van der Waals surface area contributed by atoms with Crippen LogP contribution in [0.15, 0.2) is 95.0 Å². The van der Waals surface area contributed by atoms with Crippen LogP contribution in [0.3, 0.4) is 0 Å². The molecule has 0 fully saturated rings. The van der Waals surface area contributed by atoms with E-state index in [1.807, 2.05) is 31.2 Å². The van der Waals surface area contributed by atoms with Gasteiger partial charge in [0.2, 0.25) is 5.56 Å². The lowest BCUT2D eigenvalue weighted by atomic mass is 9.83. The predicted octanol–water partition coefficient (Wildman–Crippen LogP) is 5.72. The average molecular weight is 501 g/mol. The molecule has 1 atom stereocenters. The van der Waals surface area contributed by atoms with Crippen molar-refractivity contribution in [2.24, 2.45) is 12.2 Å². The fraction of sp³-hybridized carbons (Fsp3) is 0.138. The molecule has 3 aromatic carbocycles. The van der Waals surface area contributed by atoms with Gasteiger partial charge >= 0.3 is 5.97 Å². The largest absolute Gasteiger partial charge is 0.478 e. The fourth-order valence-electron chi connectivity index (χ4n) is 4.22. The molecule has 0 saturated carbocycles. The number of aromatic nitrogens is 1. The van der Waals surface area contributed by atoms with E-state index in [0.29, 0.717) is 16.8 Å². The van der Waals surface area contributed by atoms with Crippen LogP contribution in [0, 0.1) is 12.7 Å². The second-order valence-electron chi connectivity index (χ2n) is 8.65. The monoisotopic (exact) mass is 500 g/mol. The van der Waals surface area contributed by atoms with Crippen molar-refractivity contribution in [3.63, 3.8) is 0 Å². The molecule has 0 aliphatic carbocycles. The lowest BCUT2D eigenvalue weighted by molar-refractivity contribution is 0.0696. The number of benzene rings is 3. The number of hydrogen-bond donors (Lipinski definition) is 2. The number of hydrogen-bond acceptors (Lipinski definition) is 5. The Kier molecular flexibility index (Phi) is 7.48. The lowest BCUT2D eigenvalue weighted by Crippen LogP contribution is -2.18. The highest BCUT2D eigenvalue weighted by Gasteiger charge is 2.24. The maximum atomic E-state index is 15.6. The van der Waals surface area contributed by atoms with Crippen LogP contribution < -0.4 is 10.3 Å². The standard InChI is InChI=1S/C29H25FN2O5/c1-18-6-3-4-9-23(18)25(16-27(31-36)20-10-13-28(33)32(2)17-20)24-12-11-22(15-26(24)30)37-21-8-5-7-19(14-21)29(34)35/h3-15,17,25,36H,16H2,1-2H3,(H,34,35)/b31-27-.